The quantitative estimate of drug-likeness (QED) is 0.522. The van der Waals surface area contributed by atoms with Crippen LogP contribution >= 0.6 is 0 Å². The summed E-state index contributed by atoms with van der Waals surface area (Å²) >= 11 is 0. The number of hydrogen-bond donors (Lipinski definition) is 2. The lowest BCUT2D eigenvalue weighted by molar-refractivity contribution is -0.138. The minimum atomic E-state index is -0.843. The van der Waals surface area contributed by atoms with Gasteiger partial charge < -0.3 is 20.4 Å². The average molecular weight is 560 g/mol. The molecule has 0 aliphatic carbocycles. The monoisotopic (exact) mass is 559 g/mol. The van der Waals surface area contributed by atoms with Crippen LogP contribution in [-0.4, -0.2) is 87.4 Å². The normalized spacial score (nSPS) is 22.7. The summed E-state index contributed by atoms with van der Waals surface area (Å²) < 4.78 is 1.98. The van der Waals surface area contributed by atoms with E-state index in [-0.39, 0.29) is 17.9 Å². The van der Waals surface area contributed by atoms with Crippen molar-refractivity contribution in [2.24, 2.45) is 5.92 Å². The Bertz CT molecular complexity index is 1380. The summed E-state index contributed by atoms with van der Waals surface area (Å²) in [5.74, 6) is -0.834. The number of fused-ring (bicyclic) bond motifs is 1. The van der Waals surface area contributed by atoms with E-state index in [0.29, 0.717) is 47.8 Å². The zero-order valence-electron chi connectivity index (χ0n) is 23.5. The number of amides is 4. The second kappa shape index (κ2) is 11.1. The standard InChI is InChI=1S/C30H37N7O4/c1-19-6-7-25(27(38)33-19)37-29(40)23-4-3-5-24(26(23)30(37)41)31-16-20-17-32-36(18-20)22-10-14-35(15-11-22)28(39)21-8-12-34(2)13-9-21/h3-5,17-18,21-22,25,31H,1,6-16H2,2H3,(H,33,38). The summed E-state index contributed by atoms with van der Waals surface area (Å²) in [5, 5.41) is 10.6. The van der Waals surface area contributed by atoms with E-state index in [0.717, 1.165) is 62.3 Å². The number of aromatic nitrogens is 2. The van der Waals surface area contributed by atoms with Crippen molar-refractivity contribution in [1.82, 2.24) is 29.8 Å². The van der Waals surface area contributed by atoms with Crippen molar-refractivity contribution in [3.8, 4) is 0 Å². The van der Waals surface area contributed by atoms with E-state index in [2.05, 4.69) is 34.3 Å². The maximum Gasteiger partial charge on any atom is 0.264 e. The summed E-state index contributed by atoms with van der Waals surface area (Å²) in [6.07, 6.45) is 8.33. The van der Waals surface area contributed by atoms with Gasteiger partial charge in [0.15, 0.2) is 0 Å². The Morgan fingerprint density at radius 2 is 1.80 bits per heavy atom. The van der Waals surface area contributed by atoms with Gasteiger partial charge in [-0.2, -0.15) is 5.10 Å². The zero-order chi connectivity index (χ0) is 28.7. The molecule has 4 aliphatic rings. The Labute approximate surface area is 239 Å². The number of likely N-dealkylation sites (tertiary alicyclic amines) is 2. The van der Waals surface area contributed by atoms with Crippen LogP contribution in [0.2, 0.25) is 0 Å². The Balaban J connectivity index is 1.06. The van der Waals surface area contributed by atoms with Crippen molar-refractivity contribution in [1.29, 1.82) is 0 Å². The molecule has 4 amide bonds. The van der Waals surface area contributed by atoms with Crippen LogP contribution in [0, 0.1) is 5.92 Å². The number of carbonyl (C=O) groups is 4. The SMILES string of the molecule is C=C1CCC(N2C(=O)c3cccc(NCc4cnn(C5CCN(C(=O)C6CCN(C)CC6)CC5)c4)c3C2=O)C(=O)N1. The summed E-state index contributed by atoms with van der Waals surface area (Å²) in [6, 6.07) is 4.53. The molecule has 1 aromatic carbocycles. The van der Waals surface area contributed by atoms with E-state index >= 15 is 0 Å². The molecule has 1 atom stereocenters. The maximum atomic E-state index is 13.4. The third kappa shape index (κ3) is 5.26. The molecule has 0 saturated carbocycles. The predicted octanol–water partition coefficient (Wildman–Crippen LogP) is 2.39. The van der Waals surface area contributed by atoms with Gasteiger partial charge in [0.2, 0.25) is 11.8 Å². The first-order valence-corrected chi connectivity index (χ1v) is 14.5. The van der Waals surface area contributed by atoms with Gasteiger partial charge in [-0.1, -0.05) is 12.6 Å². The highest BCUT2D eigenvalue weighted by Crippen LogP contribution is 2.33. The van der Waals surface area contributed by atoms with Gasteiger partial charge >= 0.3 is 0 Å². The first-order valence-electron chi connectivity index (χ1n) is 14.5. The Hall–Kier alpha value is -3.99. The van der Waals surface area contributed by atoms with Gasteiger partial charge in [0.1, 0.15) is 6.04 Å². The second-order valence-electron chi connectivity index (χ2n) is 11.7. The topological polar surface area (TPSA) is 120 Å². The van der Waals surface area contributed by atoms with Crippen LogP contribution in [0.1, 0.15) is 70.8 Å². The lowest BCUT2D eigenvalue weighted by Gasteiger charge is -2.36. The number of nitrogens with one attached hydrogen (secondary N) is 2. The van der Waals surface area contributed by atoms with Crippen LogP contribution in [0.3, 0.4) is 0 Å². The number of hydrogen-bond acceptors (Lipinski definition) is 7. The van der Waals surface area contributed by atoms with E-state index in [1.807, 2.05) is 22.0 Å². The van der Waals surface area contributed by atoms with Gasteiger partial charge in [-0.25, -0.2) is 0 Å². The molecule has 0 spiro atoms. The van der Waals surface area contributed by atoms with Crippen LogP contribution in [0.25, 0.3) is 0 Å². The molecule has 3 fully saturated rings. The van der Waals surface area contributed by atoms with E-state index in [4.69, 9.17) is 0 Å². The minimum absolute atomic E-state index is 0.152. The molecule has 2 N–H and O–H groups in total. The third-order valence-electron chi connectivity index (χ3n) is 8.94. The molecule has 41 heavy (non-hydrogen) atoms. The fourth-order valence-electron chi connectivity index (χ4n) is 6.47. The fourth-order valence-corrected chi connectivity index (χ4v) is 6.47. The smallest absolute Gasteiger partial charge is 0.264 e. The van der Waals surface area contributed by atoms with Crippen molar-refractivity contribution in [2.45, 2.75) is 57.2 Å². The molecule has 6 rings (SSSR count). The Morgan fingerprint density at radius 3 is 2.54 bits per heavy atom. The predicted molar refractivity (Wildman–Crippen MR) is 152 cm³/mol. The van der Waals surface area contributed by atoms with E-state index in [9.17, 15) is 19.2 Å². The number of piperidine rings is 3. The number of anilines is 1. The Morgan fingerprint density at radius 1 is 1.05 bits per heavy atom. The number of rotatable bonds is 6. The van der Waals surface area contributed by atoms with Crippen LogP contribution in [0.15, 0.2) is 42.9 Å². The molecule has 11 nitrogen and oxygen atoms in total. The summed E-state index contributed by atoms with van der Waals surface area (Å²) in [4.78, 5) is 57.5. The molecule has 216 valence electrons. The van der Waals surface area contributed by atoms with Gasteiger partial charge in [0.25, 0.3) is 11.8 Å². The van der Waals surface area contributed by atoms with Gasteiger partial charge in [0, 0.05) is 48.7 Å². The molecule has 11 heteroatoms. The number of nitrogens with zero attached hydrogens (tertiary/aromatic N) is 5. The van der Waals surface area contributed by atoms with E-state index in [1.165, 1.54) is 0 Å². The fraction of sp³-hybridized carbons (Fsp3) is 0.500. The number of benzene rings is 1. The van der Waals surface area contributed by atoms with Gasteiger partial charge in [-0.3, -0.25) is 28.8 Å². The first kappa shape index (κ1) is 27.2. The van der Waals surface area contributed by atoms with Crippen LogP contribution in [0.4, 0.5) is 5.69 Å². The molecule has 0 radical (unpaired) electrons. The van der Waals surface area contributed by atoms with Crippen LogP contribution < -0.4 is 10.6 Å². The van der Waals surface area contributed by atoms with Gasteiger partial charge in [0.05, 0.1) is 23.4 Å². The molecule has 3 saturated heterocycles. The molecule has 5 heterocycles. The lowest BCUT2D eigenvalue weighted by atomic mass is 9.94. The zero-order valence-corrected chi connectivity index (χ0v) is 23.5. The third-order valence-corrected chi connectivity index (χ3v) is 8.94. The summed E-state index contributed by atoms with van der Waals surface area (Å²) in [5.41, 5.74) is 2.69. The second-order valence-corrected chi connectivity index (χ2v) is 11.7. The molecule has 4 aliphatic heterocycles. The molecule has 1 unspecified atom stereocenters. The van der Waals surface area contributed by atoms with Crippen molar-refractivity contribution >= 4 is 29.3 Å². The van der Waals surface area contributed by atoms with Crippen LogP contribution in [-0.2, 0) is 16.1 Å². The Kier molecular flexibility index (Phi) is 7.37. The van der Waals surface area contributed by atoms with Crippen molar-refractivity contribution in [2.75, 3.05) is 38.5 Å². The molecular weight excluding hydrogens is 522 g/mol. The van der Waals surface area contributed by atoms with Gasteiger partial charge in [-0.05, 0) is 70.8 Å². The first-order chi connectivity index (χ1) is 19.8. The number of allylic oxidation sites excluding steroid dienone is 1. The largest absolute Gasteiger partial charge is 0.380 e. The highest BCUT2D eigenvalue weighted by molar-refractivity contribution is 6.25. The molecule has 2 aromatic rings. The van der Waals surface area contributed by atoms with E-state index < -0.39 is 17.9 Å². The van der Waals surface area contributed by atoms with E-state index in [1.54, 1.807) is 18.2 Å². The minimum Gasteiger partial charge on any atom is -0.380 e. The number of carbonyl (C=O) groups excluding carboxylic acids is 4. The van der Waals surface area contributed by atoms with Gasteiger partial charge in [-0.15, -0.1) is 0 Å². The van der Waals surface area contributed by atoms with Crippen molar-refractivity contribution in [3.05, 3.63) is 59.6 Å². The lowest BCUT2D eigenvalue weighted by Crippen LogP contribution is -2.51. The summed E-state index contributed by atoms with van der Waals surface area (Å²) in [7, 11) is 2.11. The highest BCUT2D eigenvalue weighted by Gasteiger charge is 2.45. The maximum absolute atomic E-state index is 13.4. The summed E-state index contributed by atoms with van der Waals surface area (Å²) in [6.45, 7) is 7.67. The van der Waals surface area contributed by atoms with Crippen molar-refractivity contribution < 1.29 is 19.2 Å². The van der Waals surface area contributed by atoms with Crippen molar-refractivity contribution in [3.63, 3.8) is 0 Å². The highest BCUT2D eigenvalue weighted by atomic mass is 16.2. The molecule has 1 aromatic heterocycles. The number of imide groups is 1. The molecular formula is C30H37N7O4. The van der Waals surface area contributed by atoms with Crippen LogP contribution in [0.5, 0.6) is 0 Å². The molecule has 0 bridgehead atoms. The average Bonchev–Trinajstić information content (AvgIpc) is 3.55.